The zero-order chi connectivity index (χ0) is 23.0. The average molecular weight is 439 g/mol. The standard InChI is InChI=1S/C22H21N3O5S/c1-5-29-17-8-7-14(10-18(17)28-4)9-15(11-23)20(26)25-21-16(12-24)13(3)19(31-21)22(27)30-6-2/h7-10H,5-6H2,1-4H3,(H,25,26)/b15-9+. The van der Waals surface area contributed by atoms with E-state index in [1.165, 1.54) is 13.2 Å². The maximum absolute atomic E-state index is 12.7. The van der Waals surface area contributed by atoms with Crippen molar-refractivity contribution < 1.29 is 23.8 Å². The molecule has 0 saturated carbocycles. The lowest BCUT2D eigenvalue weighted by atomic mass is 10.1. The number of ether oxygens (including phenoxy) is 3. The van der Waals surface area contributed by atoms with Crippen molar-refractivity contribution in [2.24, 2.45) is 0 Å². The van der Waals surface area contributed by atoms with Crippen LogP contribution in [0.1, 0.15) is 40.2 Å². The minimum atomic E-state index is -0.705. The Morgan fingerprint density at radius 3 is 2.52 bits per heavy atom. The number of carbonyl (C=O) groups is 2. The highest BCUT2D eigenvalue weighted by Crippen LogP contribution is 2.33. The summed E-state index contributed by atoms with van der Waals surface area (Å²) in [7, 11) is 1.49. The molecular weight excluding hydrogens is 418 g/mol. The topological polar surface area (TPSA) is 121 Å². The molecule has 1 N–H and O–H groups in total. The number of amides is 1. The number of nitrogens with zero attached hydrogens (tertiary/aromatic N) is 2. The van der Waals surface area contributed by atoms with Crippen LogP contribution >= 0.6 is 11.3 Å². The van der Waals surface area contributed by atoms with Crippen molar-refractivity contribution >= 4 is 34.3 Å². The van der Waals surface area contributed by atoms with Gasteiger partial charge in [0.2, 0.25) is 0 Å². The Balaban J connectivity index is 2.34. The van der Waals surface area contributed by atoms with Gasteiger partial charge in [-0.2, -0.15) is 10.5 Å². The number of esters is 1. The van der Waals surface area contributed by atoms with E-state index >= 15 is 0 Å². The molecule has 9 heteroatoms. The highest BCUT2D eigenvalue weighted by Gasteiger charge is 2.23. The summed E-state index contributed by atoms with van der Waals surface area (Å²) < 4.78 is 15.7. The molecule has 1 aromatic carbocycles. The van der Waals surface area contributed by atoms with Crippen molar-refractivity contribution in [3.63, 3.8) is 0 Å². The molecular formula is C22H21N3O5S. The van der Waals surface area contributed by atoms with Crippen LogP contribution < -0.4 is 14.8 Å². The van der Waals surface area contributed by atoms with Crippen LogP contribution in [0.2, 0.25) is 0 Å². The molecule has 160 valence electrons. The fourth-order valence-corrected chi connectivity index (χ4v) is 3.71. The van der Waals surface area contributed by atoms with Crippen molar-refractivity contribution in [2.45, 2.75) is 20.8 Å². The summed E-state index contributed by atoms with van der Waals surface area (Å²) in [5, 5.41) is 21.7. The highest BCUT2D eigenvalue weighted by molar-refractivity contribution is 7.18. The monoisotopic (exact) mass is 439 g/mol. The Labute approximate surface area is 184 Å². The van der Waals surface area contributed by atoms with Crippen LogP contribution in [-0.2, 0) is 9.53 Å². The SMILES string of the molecule is CCOC(=O)c1sc(NC(=O)/C(C#N)=C/c2ccc(OCC)c(OC)c2)c(C#N)c1C. The lowest BCUT2D eigenvalue weighted by Crippen LogP contribution is -2.13. The van der Waals surface area contributed by atoms with Gasteiger partial charge in [-0.1, -0.05) is 6.07 Å². The molecule has 0 radical (unpaired) electrons. The first kappa shape index (κ1) is 23.5. The fraction of sp³-hybridized carbons (Fsp3) is 0.273. The summed E-state index contributed by atoms with van der Waals surface area (Å²) in [5.41, 5.74) is 0.947. The van der Waals surface area contributed by atoms with Crippen molar-refractivity contribution in [1.29, 1.82) is 10.5 Å². The Kier molecular flexibility index (Phi) is 8.18. The molecule has 1 heterocycles. The van der Waals surface area contributed by atoms with E-state index < -0.39 is 11.9 Å². The smallest absolute Gasteiger partial charge is 0.348 e. The van der Waals surface area contributed by atoms with Gasteiger partial charge in [-0.05, 0) is 50.1 Å². The number of anilines is 1. The molecule has 2 aromatic rings. The molecule has 1 amide bonds. The molecule has 8 nitrogen and oxygen atoms in total. The van der Waals surface area contributed by atoms with Crippen LogP contribution in [0.3, 0.4) is 0 Å². The molecule has 0 aliphatic carbocycles. The third-order valence-electron chi connectivity index (χ3n) is 4.11. The fourth-order valence-electron chi connectivity index (χ4n) is 2.66. The molecule has 0 unspecified atom stereocenters. The molecule has 0 atom stereocenters. The van der Waals surface area contributed by atoms with Crippen LogP contribution in [0.4, 0.5) is 5.00 Å². The van der Waals surface area contributed by atoms with E-state index in [1.54, 1.807) is 32.0 Å². The number of hydrogen-bond acceptors (Lipinski definition) is 8. The van der Waals surface area contributed by atoms with E-state index in [0.29, 0.717) is 29.2 Å². The van der Waals surface area contributed by atoms with Gasteiger partial charge < -0.3 is 19.5 Å². The first-order valence-corrected chi connectivity index (χ1v) is 10.2. The number of hydrogen-bond donors (Lipinski definition) is 1. The summed E-state index contributed by atoms with van der Waals surface area (Å²) in [6.07, 6.45) is 1.40. The van der Waals surface area contributed by atoms with E-state index in [4.69, 9.17) is 14.2 Å². The Bertz CT molecular complexity index is 1110. The second-order valence-corrected chi connectivity index (χ2v) is 7.08. The number of carbonyl (C=O) groups excluding carboxylic acids is 2. The van der Waals surface area contributed by atoms with Gasteiger partial charge in [-0.3, -0.25) is 4.79 Å². The third-order valence-corrected chi connectivity index (χ3v) is 5.30. The Hall–Kier alpha value is -3.82. The molecule has 0 fully saturated rings. The molecule has 0 aliphatic rings. The summed E-state index contributed by atoms with van der Waals surface area (Å²) in [5.74, 6) is -0.264. The summed E-state index contributed by atoms with van der Waals surface area (Å²) in [6.45, 7) is 5.78. The maximum atomic E-state index is 12.7. The number of benzene rings is 1. The lowest BCUT2D eigenvalue weighted by molar-refractivity contribution is -0.112. The predicted octanol–water partition coefficient (Wildman–Crippen LogP) is 4.06. The Morgan fingerprint density at radius 2 is 1.94 bits per heavy atom. The molecule has 2 rings (SSSR count). The largest absolute Gasteiger partial charge is 0.493 e. The minimum absolute atomic E-state index is 0.154. The van der Waals surface area contributed by atoms with E-state index in [9.17, 15) is 20.1 Å². The lowest BCUT2D eigenvalue weighted by Gasteiger charge is -2.09. The molecule has 0 aliphatic heterocycles. The first-order valence-electron chi connectivity index (χ1n) is 9.34. The van der Waals surface area contributed by atoms with Gasteiger partial charge in [0.25, 0.3) is 5.91 Å². The van der Waals surface area contributed by atoms with Gasteiger partial charge in [0.1, 0.15) is 27.6 Å². The van der Waals surface area contributed by atoms with Gasteiger partial charge in [0, 0.05) is 0 Å². The summed E-state index contributed by atoms with van der Waals surface area (Å²) >= 11 is 0.933. The van der Waals surface area contributed by atoms with E-state index in [0.717, 1.165) is 11.3 Å². The van der Waals surface area contributed by atoms with Crippen LogP contribution in [0.15, 0.2) is 23.8 Å². The van der Waals surface area contributed by atoms with Crippen LogP contribution in [0.25, 0.3) is 6.08 Å². The number of methoxy groups -OCH3 is 1. The first-order chi connectivity index (χ1) is 14.9. The third kappa shape index (κ3) is 5.41. The van der Waals surface area contributed by atoms with Crippen LogP contribution in [-0.4, -0.2) is 32.2 Å². The second kappa shape index (κ2) is 10.8. The van der Waals surface area contributed by atoms with Gasteiger partial charge in [-0.15, -0.1) is 11.3 Å². The maximum Gasteiger partial charge on any atom is 0.348 e. The second-order valence-electron chi connectivity index (χ2n) is 6.06. The number of nitrogens with one attached hydrogen (secondary N) is 1. The number of nitriles is 2. The van der Waals surface area contributed by atoms with Crippen molar-refractivity contribution in [3.8, 4) is 23.6 Å². The highest BCUT2D eigenvalue weighted by atomic mass is 32.1. The summed E-state index contributed by atoms with van der Waals surface area (Å²) in [6, 6.07) is 8.85. The number of thiophene rings is 1. The van der Waals surface area contributed by atoms with Crippen LogP contribution in [0.5, 0.6) is 11.5 Å². The molecule has 31 heavy (non-hydrogen) atoms. The molecule has 0 bridgehead atoms. The van der Waals surface area contributed by atoms with Gasteiger partial charge in [0.05, 0.1) is 25.9 Å². The van der Waals surface area contributed by atoms with Gasteiger partial charge >= 0.3 is 5.97 Å². The Morgan fingerprint density at radius 1 is 1.19 bits per heavy atom. The van der Waals surface area contributed by atoms with E-state index in [2.05, 4.69) is 5.32 Å². The zero-order valence-electron chi connectivity index (χ0n) is 17.6. The van der Waals surface area contributed by atoms with Crippen molar-refractivity contribution in [1.82, 2.24) is 0 Å². The van der Waals surface area contributed by atoms with Gasteiger partial charge in [0.15, 0.2) is 11.5 Å². The van der Waals surface area contributed by atoms with Crippen LogP contribution in [0, 0.1) is 29.6 Å². The van der Waals surface area contributed by atoms with Crippen molar-refractivity contribution in [3.05, 3.63) is 45.3 Å². The quantitative estimate of drug-likeness (QED) is 0.374. The minimum Gasteiger partial charge on any atom is -0.493 e. The molecule has 1 aromatic heterocycles. The molecule has 0 spiro atoms. The zero-order valence-corrected chi connectivity index (χ0v) is 18.4. The number of rotatable bonds is 8. The van der Waals surface area contributed by atoms with Crippen molar-refractivity contribution in [2.75, 3.05) is 25.6 Å². The predicted molar refractivity (Wildman–Crippen MR) is 116 cm³/mol. The van der Waals surface area contributed by atoms with E-state index in [1.807, 2.05) is 19.1 Å². The molecule has 0 saturated heterocycles. The summed E-state index contributed by atoms with van der Waals surface area (Å²) in [4.78, 5) is 25.0. The van der Waals surface area contributed by atoms with E-state index in [-0.39, 0.29) is 27.6 Å². The normalized spacial score (nSPS) is 10.6. The van der Waals surface area contributed by atoms with Gasteiger partial charge in [-0.25, -0.2) is 4.79 Å². The average Bonchev–Trinajstić information content (AvgIpc) is 3.07.